The number of nitrogens with zero attached hydrogens (tertiary/aromatic N) is 1. The van der Waals surface area contributed by atoms with E-state index >= 15 is 0 Å². The van der Waals surface area contributed by atoms with Crippen LogP contribution in [0.5, 0.6) is 0 Å². The lowest BCUT2D eigenvalue weighted by Gasteiger charge is -2.05. The minimum absolute atomic E-state index is 0.709. The average Bonchev–Trinajstić information content (AvgIpc) is 2.86. The third-order valence-electron chi connectivity index (χ3n) is 3.16. The van der Waals surface area contributed by atoms with E-state index in [1.54, 1.807) is 0 Å². The summed E-state index contributed by atoms with van der Waals surface area (Å²) >= 11 is 0. The van der Waals surface area contributed by atoms with Crippen molar-refractivity contribution in [2.24, 2.45) is 0 Å². The van der Waals surface area contributed by atoms with Gasteiger partial charge in [-0.15, -0.1) is 0 Å². The van der Waals surface area contributed by atoms with Crippen LogP contribution in [0.15, 0.2) is 42.5 Å². The van der Waals surface area contributed by atoms with Crippen LogP contribution in [-0.2, 0) is 13.1 Å². The largest absolute Gasteiger partial charge is 0.309 e. The van der Waals surface area contributed by atoms with Gasteiger partial charge in [0.25, 0.3) is 0 Å². The van der Waals surface area contributed by atoms with Gasteiger partial charge in [0.2, 0.25) is 0 Å². The summed E-state index contributed by atoms with van der Waals surface area (Å²) in [6.45, 7) is 1.91. The third kappa shape index (κ3) is 1.82. The van der Waals surface area contributed by atoms with Crippen LogP contribution in [-0.4, -0.2) is 0 Å². The van der Waals surface area contributed by atoms with E-state index in [0.29, 0.717) is 5.56 Å². The number of hydrogen-bond acceptors (Lipinski definition) is 2. The molecule has 0 amide bonds. The van der Waals surface area contributed by atoms with Crippen molar-refractivity contribution < 1.29 is 0 Å². The van der Waals surface area contributed by atoms with E-state index < -0.39 is 0 Å². The van der Waals surface area contributed by atoms with Crippen molar-refractivity contribution in [3.05, 3.63) is 59.2 Å². The van der Waals surface area contributed by atoms with Crippen LogP contribution >= 0.6 is 0 Å². The van der Waals surface area contributed by atoms with Crippen molar-refractivity contribution in [1.29, 1.82) is 5.26 Å². The molecule has 17 heavy (non-hydrogen) atoms. The van der Waals surface area contributed by atoms with E-state index in [4.69, 9.17) is 5.26 Å². The molecule has 0 bridgehead atoms. The maximum absolute atomic E-state index is 8.90. The summed E-state index contributed by atoms with van der Waals surface area (Å²) in [6, 6.07) is 16.4. The van der Waals surface area contributed by atoms with Gasteiger partial charge in [-0.1, -0.05) is 24.3 Å². The molecule has 0 spiro atoms. The van der Waals surface area contributed by atoms with Crippen molar-refractivity contribution in [1.82, 2.24) is 5.32 Å². The maximum atomic E-state index is 8.90. The molecule has 0 aliphatic carbocycles. The molecular formula is C15H12N2. The van der Waals surface area contributed by atoms with Gasteiger partial charge in [-0.3, -0.25) is 0 Å². The Morgan fingerprint density at radius 2 is 1.76 bits per heavy atom. The monoisotopic (exact) mass is 220 g/mol. The average molecular weight is 220 g/mol. The van der Waals surface area contributed by atoms with Crippen molar-refractivity contribution in [2.45, 2.75) is 13.1 Å². The molecule has 1 N–H and O–H groups in total. The zero-order valence-corrected chi connectivity index (χ0v) is 9.40. The van der Waals surface area contributed by atoms with Gasteiger partial charge in [0.15, 0.2) is 0 Å². The fourth-order valence-corrected chi connectivity index (χ4v) is 2.24. The van der Waals surface area contributed by atoms with Crippen LogP contribution in [0.25, 0.3) is 11.1 Å². The van der Waals surface area contributed by atoms with Crippen LogP contribution in [0, 0.1) is 11.3 Å². The molecule has 0 aromatic heterocycles. The van der Waals surface area contributed by atoms with Crippen LogP contribution in [0.1, 0.15) is 16.7 Å². The maximum Gasteiger partial charge on any atom is 0.0991 e. The number of nitrogens with one attached hydrogen (secondary N) is 1. The van der Waals surface area contributed by atoms with Gasteiger partial charge in [0.05, 0.1) is 11.6 Å². The van der Waals surface area contributed by atoms with Crippen molar-refractivity contribution in [3.63, 3.8) is 0 Å². The minimum atomic E-state index is 0.709. The smallest absolute Gasteiger partial charge is 0.0991 e. The molecular weight excluding hydrogens is 208 g/mol. The second kappa shape index (κ2) is 4.04. The number of fused-ring (bicyclic) bond motifs is 1. The Morgan fingerprint density at radius 3 is 2.65 bits per heavy atom. The Bertz CT molecular complexity index is 609. The Balaban J connectivity index is 2.07. The first kappa shape index (κ1) is 10.1. The summed E-state index contributed by atoms with van der Waals surface area (Å²) in [6.07, 6.45) is 0. The van der Waals surface area contributed by atoms with Crippen LogP contribution < -0.4 is 5.32 Å². The SMILES string of the molecule is N#Cc1cccc(-c2ccc3c(c2)CNC3)c1. The second-order valence-corrected chi connectivity index (χ2v) is 4.28. The number of nitriles is 1. The van der Waals surface area contributed by atoms with Gasteiger partial charge in [-0.25, -0.2) is 0 Å². The molecule has 1 aliphatic heterocycles. The molecule has 0 saturated carbocycles. The topological polar surface area (TPSA) is 35.8 Å². The van der Waals surface area contributed by atoms with E-state index in [9.17, 15) is 0 Å². The van der Waals surface area contributed by atoms with E-state index in [1.165, 1.54) is 16.7 Å². The van der Waals surface area contributed by atoms with Gasteiger partial charge < -0.3 is 5.32 Å². The molecule has 0 fully saturated rings. The third-order valence-corrected chi connectivity index (χ3v) is 3.16. The van der Waals surface area contributed by atoms with Crippen LogP contribution in [0.4, 0.5) is 0 Å². The summed E-state index contributed by atoms with van der Waals surface area (Å²) in [5.74, 6) is 0. The van der Waals surface area contributed by atoms with Gasteiger partial charge >= 0.3 is 0 Å². The molecule has 2 heteroatoms. The molecule has 1 heterocycles. The quantitative estimate of drug-likeness (QED) is 0.802. The molecule has 1 aliphatic rings. The highest BCUT2D eigenvalue weighted by molar-refractivity contribution is 5.66. The standard InChI is InChI=1S/C15H12N2/c16-8-11-2-1-3-12(6-11)13-4-5-14-9-17-10-15(14)7-13/h1-7,17H,9-10H2. The molecule has 2 nitrogen and oxygen atoms in total. The first-order valence-electron chi connectivity index (χ1n) is 5.70. The summed E-state index contributed by atoms with van der Waals surface area (Å²) in [5, 5.41) is 12.2. The minimum Gasteiger partial charge on any atom is -0.309 e. The van der Waals surface area contributed by atoms with E-state index in [0.717, 1.165) is 18.7 Å². The molecule has 0 atom stereocenters. The highest BCUT2D eigenvalue weighted by atomic mass is 14.9. The fraction of sp³-hybridized carbons (Fsp3) is 0.133. The molecule has 0 unspecified atom stereocenters. The van der Waals surface area contributed by atoms with E-state index in [2.05, 4.69) is 29.6 Å². The fourth-order valence-electron chi connectivity index (χ4n) is 2.24. The van der Waals surface area contributed by atoms with Gasteiger partial charge in [0.1, 0.15) is 0 Å². The van der Waals surface area contributed by atoms with Gasteiger partial charge in [-0.05, 0) is 40.5 Å². The zero-order valence-electron chi connectivity index (χ0n) is 9.40. The highest BCUT2D eigenvalue weighted by Crippen LogP contribution is 2.25. The molecule has 3 rings (SSSR count). The molecule has 2 aromatic carbocycles. The highest BCUT2D eigenvalue weighted by Gasteiger charge is 2.10. The summed E-state index contributed by atoms with van der Waals surface area (Å²) in [7, 11) is 0. The number of hydrogen-bond donors (Lipinski definition) is 1. The van der Waals surface area contributed by atoms with Crippen molar-refractivity contribution in [2.75, 3.05) is 0 Å². The van der Waals surface area contributed by atoms with Crippen molar-refractivity contribution in [3.8, 4) is 17.2 Å². The summed E-state index contributed by atoms with van der Waals surface area (Å²) in [4.78, 5) is 0. The summed E-state index contributed by atoms with van der Waals surface area (Å²) < 4.78 is 0. The normalized spacial score (nSPS) is 13.1. The first-order valence-corrected chi connectivity index (χ1v) is 5.70. The number of benzene rings is 2. The molecule has 0 saturated heterocycles. The predicted octanol–water partition coefficient (Wildman–Crippen LogP) is 2.83. The molecule has 2 aromatic rings. The first-order chi connectivity index (χ1) is 8.36. The Hall–Kier alpha value is -2.11. The number of rotatable bonds is 1. The van der Waals surface area contributed by atoms with Gasteiger partial charge in [0, 0.05) is 13.1 Å². The Kier molecular flexibility index (Phi) is 2.40. The van der Waals surface area contributed by atoms with Gasteiger partial charge in [-0.2, -0.15) is 5.26 Å². The summed E-state index contributed by atoms with van der Waals surface area (Å²) in [5.41, 5.74) is 5.75. The van der Waals surface area contributed by atoms with Crippen LogP contribution in [0.2, 0.25) is 0 Å². The Morgan fingerprint density at radius 1 is 0.941 bits per heavy atom. The lowest BCUT2D eigenvalue weighted by Crippen LogP contribution is -1.99. The second-order valence-electron chi connectivity index (χ2n) is 4.28. The molecule has 82 valence electrons. The van der Waals surface area contributed by atoms with Crippen molar-refractivity contribution >= 4 is 0 Å². The van der Waals surface area contributed by atoms with E-state index in [-0.39, 0.29) is 0 Å². The predicted molar refractivity (Wildman–Crippen MR) is 67.1 cm³/mol. The van der Waals surface area contributed by atoms with E-state index in [1.807, 2.05) is 24.3 Å². The van der Waals surface area contributed by atoms with Crippen LogP contribution in [0.3, 0.4) is 0 Å². The molecule has 0 radical (unpaired) electrons. The zero-order chi connectivity index (χ0) is 11.7. The lowest BCUT2D eigenvalue weighted by atomic mass is 9.99. The lowest BCUT2D eigenvalue weighted by molar-refractivity contribution is 0.765. The Labute approximate surface area is 101 Å².